The number of nitrogens with one attached hydrogen (secondary N) is 2. The Morgan fingerprint density at radius 3 is 2.72 bits per heavy atom. The Kier molecular flexibility index (Phi) is 5.77. The van der Waals surface area contributed by atoms with Crippen LogP contribution >= 0.6 is 0 Å². The highest BCUT2D eigenvalue weighted by molar-refractivity contribution is 6.03. The largest absolute Gasteiger partial charge is 0.385 e. The molecule has 4 nitrogen and oxygen atoms in total. The lowest BCUT2D eigenvalue weighted by Crippen LogP contribution is -2.14. The molecule has 0 spiro atoms. The van der Waals surface area contributed by atoms with Crippen molar-refractivity contribution in [2.75, 3.05) is 17.2 Å². The van der Waals surface area contributed by atoms with Crippen LogP contribution in [0, 0.1) is 5.82 Å². The molecule has 0 aliphatic heterocycles. The summed E-state index contributed by atoms with van der Waals surface area (Å²) < 4.78 is 12.9. The number of anilines is 2. The van der Waals surface area contributed by atoms with E-state index in [0.717, 1.165) is 18.7 Å². The van der Waals surface area contributed by atoms with Crippen molar-refractivity contribution in [3.8, 4) is 0 Å². The summed E-state index contributed by atoms with van der Waals surface area (Å²) in [6, 6.07) is 9.24. The zero-order valence-corrected chi connectivity index (χ0v) is 14.1. The molecular weight excluding hydrogens is 317 g/mol. The maximum atomic E-state index is 12.9. The molecule has 25 heavy (non-hydrogen) atoms. The molecule has 2 N–H and O–H groups in total. The average Bonchev–Trinajstić information content (AvgIpc) is 2.65. The van der Waals surface area contributed by atoms with E-state index in [1.54, 1.807) is 12.3 Å². The summed E-state index contributed by atoms with van der Waals surface area (Å²) in [6.45, 7) is 0.842. The second kappa shape index (κ2) is 8.42. The van der Waals surface area contributed by atoms with Gasteiger partial charge in [-0.25, -0.2) is 4.39 Å². The highest BCUT2D eigenvalue weighted by Gasteiger charge is 2.09. The van der Waals surface area contributed by atoms with Gasteiger partial charge < -0.3 is 10.6 Å². The van der Waals surface area contributed by atoms with Gasteiger partial charge in [-0.1, -0.05) is 11.6 Å². The van der Waals surface area contributed by atoms with Crippen molar-refractivity contribution in [1.29, 1.82) is 0 Å². The molecule has 3 rings (SSSR count). The number of carbonyl (C=O) groups is 1. The summed E-state index contributed by atoms with van der Waals surface area (Å²) >= 11 is 0. The third-order valence-electron chi connectivity index (χ3n) is 4.25. The van der Waals surface area contributed by atoms with Crippen LogP contribution in [0.1, 0.15) is 42.6 Å². The number of aromatic nitrogens is 1. The van der Waals surface area contributed by atoms with Crippen LogP contribution in [0.5, 0.6) is 0 Å². The molecule has 1 aliphatic carbocycles. The van der Waals surface area contributed by atoms with E-state index in [-0.39, 0.29) is 11.7 Å². The summed E-state index contributed by atoms with van der Waals surface area (Å²) in [5.74, 6) is -0.652. The summed E-state index contributed by atoms with van der Waals surface area (Å²) in [4.78, 5) is 16.4. The molecule has 1 amide bonds. The van der Waals surface area contributed by atoms with Crippen molar-refractivity contribution in [3.63, 3.8) is 0 Å². The van der Waals surface area contributed by atoms with Gasteiger partial charge in [0.25, 0.3) is 5.91 Å². The highest BCUT2D eigenvalue weighted by Crippen LogP contribution is 2.20. The van der Waals surface area contributed by atoms with Crippen molar-refractivity contribution in [2.24, 2.45) is 0 Å². The SMILES string of the molecule is O=C(Nc1ccc(F)cc1)c1cc(NCCC2=CCCCC2)ccn1. The van der Waals surface area contributed by atoms with Crippen LogP contribution in [0.2, 0.25) is 0 Å². The lowest BCUT2D eigenvalue weighted by atomic mass is 9.97. The molecule has 2 aromatic rings. The monoisotopic (exact) mass is 339 g/mol. The molecule has 0 saturated heterocycles. The topological polar surface area (TPSA) is 54.0 Å². The van der Waals surface area contributed by atoms with Gasteiger partial charge in [0.1, 0.15) is 11.5 Å². The number of allylic oxidation sites excluding steroid dienone is 1. The molecule has 5 heteroatoms. The Hall–Kier alpha value is -2.69. The molecule has 0 unspecified atom stereocenters. The van der Waals surface area contributed by atoms with Gasteiger partial charge in [-0.3, -0.25) is 9.78 Å². The van der Waals surface area contributed by atoms with Crippen molar-refractivity contribution in [2.45, 2.75) is 32.1 Å². The second-order valence-electron chi connectivity index (χ2n) is 6.18. The van der Waals surface area contributed by atoms with E-state index in [2.05, 4.69) is 21.7 Å². The van der Waals surface area contributed by atoms with Gasteiger partial charge in [0.05, 0.1) is 0 Å². The number of amides is 1. The van der Waals surface area contributed by atoms with Crippen LogP contribution in [-0.4, -0.2) is 17.4 Å². The first-order chi connectivity index (χ1) is 12.2. The zero-order chi connectivity index (χ0) is 17.5. The van der Waals surface area contributed by atoms with Gasteiger partial charge in [0.2, 0.25) is 0 Å². The molecule has 130 valence electrons. The van der Waals surface area contributed by atoms with Crippen molar-refractivity contribution in [3.05, 3.63) is 65.8 Å². The molecule has 0 bridgehead atoms. The fourth-order valence-electron chi connectivity index (χ4n) is 2.89. The van der Waals surface area contributed by atoms with E-state index in [1.165, 1.54) is 55.5 Å². The summed E-state index contributed by atoms with van der Waals surface area (Å²) in [5.41, 5.74) is 3.25. The van der Waals surface area contributed by atoms with Gasteiger partial charge >= 0.3 is 0 Å². The maximum absolute atomic E-state index is 12.9. The van der Waals surface area contributed by atoms with Gasteiger partial charge in [-0.05, 0) is 68.5 Å². The van der Waals surface area contributed by atoms with Crippen LogP contribution in [0.4, 0.5) is 15.8 Å². The average molecular weight is 339 g/mol. The molecule has 0 atom stereocenters. The van der Waals surface area contributed by atoms with Crippen molar-refractivity contribution in [1.82, 2.24) is 4.98 Å². The number of pyridine rings is 1. The van der Waals surface area contributed by atoms with E-state index in [9.17, 15) is 9.18 Å². The standard InChI is InChI=1S/C20H22FN3O/c21-16-6-8-17(9-7-16)24-20(25)19-14-18(11-13-23-19)22-12-10-15-4-2-1-3-5-15/h4,6-9,11,13-14H,1-3,5,10,12H2,(H,22,23)(H,24,25). The molecule has 1 aromatic carbocycles. The number of halogens is 1. The first kappa shape index (κ1) is 17.1. The molecule has 1 aromatic heterocycles. The fraction of sp³-hybridized carbons (Fsp3) is 0.300. The van der Waals surface area contributed by atoms with Gasteiger partial charge in [-0.15, -0.1) is 0 Å². The van der Waals surface area contributed by atoms with Crippen LogP contribution in [0.25, 0.3) is 0 Å². The molecule has 1 heterocycles. The van der Waals surface area contributed by atoms with Gasteiger partial charge in [0.15, 0.2) is 0 Å². The lowest BCUT2D eigenvalue weighted by molar-refractivity contribution is 0.102. The van der Waals surface area contributed by atoms with Crippen LogP contribution in [-0.2, 0) is 0 Å². The van der Waals surface area contributed by atoms with Crippen LogP contribution in [0.15, 0.2) is 54.2 Å². The smallest absolute Gasteiger partial charge is 0.274 e. The minimum Gasteiger partial charge on any atom is -0.385 e. The number of nitrogens with zero attached hydrogens (tertiary/aromatic N) is 1. The van der Waals surface area contributed by atoms with Crippen molar-refractivity contribution >= 4 is 17.3 Å². The molecule has 1 aliphatic rings. The van der Waals surface area contributed by atoms with Gasteiger partial charge in [0, 0.05) is 24.1 Å². The van der Waals surface area contributed by atoms with E-state index in [0.29, 0.717) is 11.4 Å². The predicted octanol–water partition coefficient (Wildman–Crippen LogP) is 4.78. The summed E-state index contributed by atoms with van der Waals surface area (Å²) in [6.07, 6.45) is 9.96. The quantitative estimate of drug-likeness (QED) is 0.745. The maximum Gasteiger partial charge on any atom is 0.274 e. The fourth-order valence-corrected chi connectivity index (χ4v) is 2.89. The minimum absolute atomic E-state index is 0.315. The normalized spacial score (nSPS) is 13.9. The Morgan fingerprint density at radius 2 is 1.96 bits per heavy atom. The summed E-state index contributed by atoms with van der Waals surface area (Å²) in [7, 11) is 0. The Morgan fingerprint density at radius 1 is 1.12 bits per heavy atom. The Balaban J connectivity index is 1.55. The van der Waals surface area contributed by atoms with E-state index >= 15 is 0 Å². The lowest BCUT2D eigenvalue weighted by Gasteiger charge is -2.13. The van der Waals surface area contributed by atoms with Crippen LogP contribution < -0.4 is 10.6 Å². The number of benzene rings is 1. The van der Waals surface area contributed by atoms with E-state index in [1.807, 2.05) is 6.07 Å². The molecular formula is C20H22FN3O. The number of hydrogen-bond acceptors (Lipinski definition) is 3. The van der Waals surface area contributed by atoms with E-state index in [4.69, 9.17) is 0 Å². The first-order valence-electron chi connectivity index (χ1n) is 8.65. The zero-order valence-electron chi connectivity index (χ0n) is 14.1. The number of rotatable bonds is 6. The van der Waals surface area contributed by atoms with Crippen molar-refractivity contribution < 1.29 is 9.18 Å². The van der Waals surface area contributed by atoms with Gasteiger partial charge in [-0.2, -0.15) is 0 Å². The van der Waals surface area contributed by atoms with Crippen LogP contribution in [0.3, 0.4) is 0 Å². The highest BCUT2D eigenvalue weighted by atomic mass is 19.1. The third kappa shape index (κ3) is 5.14. The third-order valence-corrected chi connectivity index (χ3v) is 4.25. The molecule has 0 fully saturated rings. The Labute approximate surface area is 147 Å². The Bertz CT molecular complexity index is 756. The second-order valence-corrected chi connectivity index (χ2v) is 6.18. The number of carbonyl (C=O) groups excluding carboxylic acids is 1. The minimum atomic E-state index is -0.338. The molecule has 0 saturated carbocycles. The summed E-state index contributed by atoms with van der Waals surface area (Å²) in [5, 5.41) is 6.06. The molecule has 0 radical (unpaired) electrons. The predicted molar refractivity (Wildman–Crippen MR) is 98.2 cm³/mol. The number of hydrogen-bond donors (Lipinski definition) is 2. The first-order valence-corrected chi connectivity index (χ1v) is 8.65. The van der Waals surface area contributed by atoms with E-state index < -0.39 is 0 Å².